The Morgan fingerprint density at radius 1 is 1.23 bits per heavy atom. The van der Waals surface area contributed by atoms with Crippen LogP contribution in [0.3, 0.4) is 0 Å². The van der Waals surface area contributed by atoms with Gasteiger partial charge in [0.2, 0.25) is 0 Å². The normalized spacial score (nSPS) is 26.6. The summed E-state index contributed by atoms with van der Waals surface area (Å²) in [5, 5.41) is 29.5. The Morgan fingerprint density at radius 3 is 2.53 bits per heavy atom. The van der Waals surface area contributed by atoms with Gasteiger partial charge in [-0.3, -0.25) is 14.3 Å². The van der Waals surface area contributed by atoms with Crippen molar-refractivity contribution in [1.82, 2.24) is 19.7 Å². The topological polar surface area (TPSA) is 192 Å². The number of nitrogens with zero attached hydrogens (tertiary/aromatic N) is 4. The molecule has 3 aromatic rings. The van der Waals surface area contributed by atoms with E-state index in [0.29, 0.717) is 11.2 Å². The van der Waals surface area contributed by atoms with Crippen molar-refractivity contribution in [2.75, 3.05) is 19.4 Å². The fourth-order valence-corrected chi connectivity index (χ4v) is 7.54. The Balaban J connectivity index is 1.38. The van der Waals surface area contributed by atoms with Crippen LogP contribution in [0, 0.1) is 5.41 Å². The van der Waals surface area contributed by atoms with Crippen molar-refractivity contribution < 1.29 is 38.1 Å². The van der Waals surface area contributed by atoms with Gasteiger partial charge in [0.05, 0.1) is 12.3 Å². The molecule has 0 amide bonds. The van der Waals surface area contributed by atoms with Crippen LogP contribution in [0.4, 0.5) is 5.82 Å². The summed E-state index contributed by atoms with van der Waals surface area (Å²) in [5.41, 5.74) is 6.12. The molecule has 47 heavy (non-hydrogen) atoms. The second-order valence-electron chi connectivity index (χ2n) is 14.1. The number of esters is 1. The molecule has 1 aliphatic carbocycles. The lowest BCUT2D eigenvalue weighted by molar-refractivity contribution is -0.161. The molecule has 0 bridgehead atoms. The predicted octanol–water partition coefficient (Wildman–Crippen LogP) is 3.54. The zero-order valence-electron chi connectivity index (χ0n) is 27.8. The zero-order chi connectivity index (χ0) is 34.4. The van der Waals surface area contributed by atoms with Gasteiger partial charge in [-0.25, -0.2) is 14.1 Å². The molecule has 0 spiro atoms. The molecular weight excluding hydrogens is 627 g/mol. The Morgan fingerprint density at radius 2 is 1.91 bits per heavy atom. The molecule has 5 N–H and O–H groups in total. The van der Waals surface area contributed by atoms with Gasteiger partial charge in [0, 0.05) is 13.3 Å². The van der Waals surface area contributed by atoms with E-state index in [1.54, 1.807) is 24.3 Å². The van der Waals surface area contributed by atoms with Crippen molar-refractivity contribution in [2.24, 2.45) is 10.4 Å². The third kappa shape index (κ3) is 7.23. The third-order valence-electron chi connectivity index (χ3n) is 8.60. The number of nitrogens with one attached hydrogen (secondary N) is 1. The molecule has 6 atom stereocenters. The first-order valence-electron chi connectivity index (χ1n) is 15.6. The molecule has 2 aliphatic rings. The number of benzene rings is 1. The molecule has 2 fully saturated rings. The number of nitrogens with two attached hydrogens (primary N) is 1. The molecule has 1 unspecified atom stereocenters. The summed E-state index contributed by atoms with van der Waals surface area (Å²) in [6.45, 7) is 11.4. The fraction of sp³-hybridized carbons (Fsp3) is 0.562. The quantitative estimate of drug-likeness (QED) is 0.132. The van der Waals surface area contributed by atoms with Crippen LogP contribution >= 0.6 is 7.75 Å². The van der Waals surface area contributed by atoms with E-state index in [4.69, 9.17) is 24.3 Å². The molecular formula is C32H45N6O8P. The average Bonchev–Trinajstić information content (AvgIpc) is 3.52. The molecule has 1 saturated heterocycles. The molecule has 1 aromatic carbocycles. The summed E-state index contributed by atoms with van der Waals surface area (Å²) >= 11 is 0. The van der Waals surface area contributed by atoms with Gasteiger partial charge in [-0.2, -0.15) is 10.2 Å². The van der Waals surface area contributed by atoms with Crippen LogP contribution in [0.5, 0.6) is 5.75 Å². The van der Waals surface area contributed by atoms with E-state index in [1.165, 1.54) is 31.0 Å². The summed E-state index contributed by atoms with van der Waals surface area (Å²) in [6.07, 6.45) is -0.417. The number of anilines is 1. The number of hydrogen-bond donors (Lipinski definition) is 4. The lowest BCUT2D eigenvalue weighted by Crippen LogP contribution is -2.44. The van der Waals surface area contributed by atoms with Crippen LogP contribution in [0.15, 0.2) is 47.7 Å². The first-order chi connectivity index (χ1) is 22.0. The minimum atomic E-state index is -4.33. The Labute approximate surface area is 274 Å². The van der Waals surface area contributed by atoms with Crippen LogP contribution in [0.25, 0.3) is 5.52 Å². The molecule has 15 heteroatoms. The smallest absolute Gasteiger partial charge is 0.459 e. The summed E-state index contributed by atoms with van der Waals surface area (Å²) in [6, 6.07) is 9.26. The second-order valence-corrected chi connectivity index (χ2v) is 15.8. The number of aliphatic hydroxyl groups excluding tert-OH is 2. The molecule has 3 heterocycles. The van der Waals surface area contributed by atoms with Gasteiger partial charge in [-0.1, -0.05) is 46.8 Å². The van der Waals surface area contributed by atoms with Crippen LogP contribution in [0.1, 0.15) is 65.6 Å². The van der Waals surface area contributed by atoms with E-state index in [-0.39, 0.29) is 28.5 Å². The number of carbonyl (C=O) groups is 1. The largest absolute Gasteiger partial charge is 0.461 e. The van der Waals surface area contributed by atoms with Gasteiger partial charge in [0.15, 0.2) is 11.4 Å². The SMILES string of the molecule is C/N=C\[C@@]1(c2ccc3c(N)ncnn23)O[C@H](COP(=O)(N[C@@H](C)C(=O)OC2CC(C)(C)C2)Oc2ccc(C(C)(C)C)cc2)[C@@H](O)[C@H]1O. The van der Waals surface area contributed by atoms with Crippen molar-refractivity contribution >= 4 is 31.3 Å². The van der Waals surface area contributed by atoms with Gasteiger partial charge in [0.1, 0.15) is 48.1 Å². The molecule has 1 saturated carbocycles. The Kier molecular flexibility index (Phi) is 9.59. The molecule has 1 aliphatic heterocycles. The summed E-state index contributed by atoms with van der Waals surface area (Å²) in [7, 11) is -2.83. The van der Waals surface area contributed by atoms with E-state index in [0.717, 1.165) is 18.4 Å². The second kappa shape index (κ2) is 12.9. The Hall–Kier alpha value is -3.39. The van der Waals surface area contributed by atoms with Gasteiger partial charge >= 0.3 is 13.7 Å². The van der Waals surface area contributed by atoms with Crippen molar-refractivity contribution in [3.8, 4) is 5.75 Å². The number of ether oxygens (including phenoxy) is 2. The number of aliphatic imine (C=N–C) groups is 1. The number of rotatable bonds is 11. The summed E-state index contributed by atoms with van der Waals surface area (Å²) < 4.78 is 39.4. The number of nitrogen functional groups attached to an aromatic ring is 1. The summed E-state index contributed by atoms with van der Waals surface area (Å²) in [4.78, 5) is 21.1. The molecule has 256 valence electrons. The van der Waals surface area contributed by atoms with Crippen LogP contribution in [-0.4, -0.2) is 81.1 Å². The van der Waals surface area contributed by atoms with Crippen LogP contribution in [-0.2, 0) is 34.4 Å². The maximum atomic E-state index is 14.3. The molecule has 2 aromatic heterocycles. The van der Waals surface area contributed by atoms with E-state index in [2.05, 4.69) is 54.8 Å². The van der Waals surface area contributed by atoms with E-state index in [9.17, 15) is 19.6 Å². The fourth-order valence-electron chi connectivity index (χ4n) is 6.03. The standard InChI is InChI=1S/C32H45N6O8P/c1-19(29(41)44-22-14-31(5,6)15-22)37-47(42,46-21-10-8-20(9-11-21)30(2,3)4)43-16-24-26(39)27(40)32(45-24,17-34-7)25-13-12-23-28(33)35-18-36-38(23)25/h8-13,17-19,22,24,26-27,39-40H,14-16H2,1-7H3,(H,37,42)(H2,33,35,36)/b34-17-/t19-,24+,26+,27+,32-,47?/m0/s1. The van der Waals surface area contributed by atoms with Crippen LogP contribution in [0.2, 0.25) is 0 Å². The average molecular weight is 673 g/mol. The van der Waals surface area contributed by atoms with E-state index in [1.807, 2.05) is 12.1 Å². The minimum absolute atomic E-state index is 0.0967. The number of fused-ring (bicyclic) bond motifs is 1. The van der Waals surface area contributed by atoms with Crippen molar-refractivity contribution in [1.29, 1.82) is 0 Å². The highest BCUT2D eigenvalue weighted by Gasteiger charge is 2.56. The highest BCUT2D eigenvalue weighted by molar-refractivity contribution is 7.52. The van der Waals surface area contributed by atoms with Gasteiger partial charge < -0.3 is 29.9 Å². The molecule has 5 rings (SSSR count). The van der Waals surface area contributed by atoms with Crippen LogP contribution < -0.4 is 15.3 Å². The minimum Gasteiger partial charge on any atom is -0.461 e. The number of aromatic nitrogens is 3. The van der Waals surface area contributed by atoms with Crippen molar-refractivity contribution in [3.05, 3.63) is 54.0 Å². The van der Waals surface area contributed by atoms with Gasteiger partial charge in [-0.15, -0.1) is 0 Å². The van der Waals surface area contributed by atoms with E-state index >= 15 is 0 Å². The van der Waals surface area contributed by atoms with Crippen molar-refractivity contribution in [2.45, 2.75) is 95.9 Å². The highest BCUT2D eigenvalue weighted by atomic mass is 31.2. The number of hydrogen-bond acceptors (Lipinski definition) is 12. The maximum Gasteiger partial charge on any atom is 0.459 e. The molecule has 0 radical (unpaired) electrons. The Bertz CT molecular complexity index is 1660. The van der Waals surface area contributed by atoms with E-state index < -0.39 is 50.3 Å². The van der Waals surface area contributed by atoms with Crippen molar-refractivity contribution in [3.63, 3.8) is 0 Å². The summed E-state index contributed by atoms with van der Waals surface area (Å²) in [5.74, 6) is -0.170. The lowest BCUT2D eigenvalue weighted by Gasteiger charge is -2.42. The lowest BCUT2D eigenvalue weighted by atomic mass is 9.70. The monoisotopic (exact) mass is 672 g/mol. The number of aliphatic hydroxyl groups is 2. The van der Waals surface area contributed by atoms with Gasteiger partial charge in [-0.05, 0) is 60.4 Å². The first-order valence-corrected chi connectivity index (χ1v) is 17.1. The third-order valence-corrected chi connectivity index (χ3v) is 10.2. The van der Waals surface area contributed by atoms with Gasteiger partial charge in [0.25, 0.3) is 0 Å². The highest BCUT2D eigenvalue weighted by Crippen LogP contribution is 2.48. The first kappa shape index (κ1) is 34.9. The number of carbonyl (C=O) groups excluding carboxylic acids is 1. The zero-order valence-corrected chi connectivity index (χ0v) is 28.7. The maximum absolute atomic E-state index is 14.3. The predicted molar refractivity (Wildman–Crippen MR) is 175 cm³/mol. The molecule has 14 nitrogen and oxygen atoms in total.